The molecule has 1 fully saturated rings. The van der Waals surface area contributed by atoms with E-state index in [1.807, 2.05) is 18.2 Å². The number of nitrogens with zero attached hydrogens (tertiary/aromatic N) is 1. The molecule has 0 saturated heterocycles. The fourth-order valence-electron chi connectivity index (χ4n) is 4.45. The second kappa shape index (κ2) is 7.42. The van der Waals surface area contributed by atoms with Crippen molar-refractivity contribution < 1.29 is 9.59 Å². The van der Waals surface area contributed by atoms with Gasteiger partial charge in [0.05, 0.1) is 0 Å². The zero-order chi connectivity index (χ0) is 18.9. The SMILES string of the molecule is CCC(C)(C)C1CCC(NC(=O)c2ccc3c(c2)CCN3C(C)=O)CC1. The van der Waals surface area contributed by atoms with Gasteiger partial charge in [-0.25, -0.2) is 0 Å². The second-order valence-corrected chi connectivity index (χ2v) is 8.63. The first kappa shape index (κ1) is 18.9. The molecule has 1 aliphatic heterocycles. The Labute approximate surface area is 157 Å². The molecule has 1 N–H and O–H groups in total. The summed E-state index contributed by atoms with van der Waals surface area (Å²) in [5.74, 6) is 0.846. The quantitative estimate of drug-likeness (QED) is 0.873. The van der Waals surface area contributed by atoms with Crippen LogP contribution in [0.4, 0.5) is 5.69 Å². The molecular weight excluding hydrogens is 324 g/mol. The van der Waals surface area contributed by atoms with E-state index in [1.165, 1.54) is 19.3 Å². The first-order valence-electron chi connectivity index (χ1n) is 10.0. The number of amides is 2. The van der Waals surface area contributed by atoms with Gasteiger partial charge in [-0.05, 0) is 67.2 Å². The summed E-state index contributed by atoms with van der Waals surface area (Å²) in [5.41, 5.74) is 3.17. The number of fused-ring (bicyclic) bond motifs is 1. The highest BCUT2D eigenvalue weighted by Gasteiger charge is 2.32. The Bertz CT molecular complexity index is 687. The van der Waals surface area contributed by atoms with Gasteiger partial charge in [-0.15, -0.1) is 0 Å². The Morgan fingerprint density at radius 3 is 2.50 bits per heavy atom. The Kier molecular flexibility index (Phi) is 5.40. The van der Waals surface area contributed by atoms with E-state index in [-0.39, 0.29) is 17.9 Å². The highest BCUT2D eigenvalue weighted by Crippen LogP contribution is 2.40. The maximum Gasteiger partial charge on any atom is 0.251 e. The second-order valence-electron chi connectivity index (χ2n) is 8.63. The van der Waals surface area contributed by atoms with Crippen molar-refractivity contribution in [2.45, 2.75) is 72.3 Å². The van der Waals surface area contributed by atoms with E-state index in [0.717, 1.165) is 36.4 Å². The molecule has 3 rings (SSSR count). The number of carbonyl (C=O) groups excluding carboxylic acids is 2. The van der Waals surface area contributed by atoms with Crippen molar-refractivity contribution in [1.29, 1.82) is 0 Å². The molecule has 1 aromatic carbocycles. The lowest BCUT2D eigenvalue weighted by atomic mass is 9.69. The summed E-state index contributed by atoms with van der Waals surface area (Å²) in [6.07, 6.45) is 6.58. The van der Waals surface area contributed by atoms with E-state index < -0.39 is 0 Å². The molecule has 1 aliphatic carbocycles. The van der Waals surface area contributed by atoms with Crippen molar-refractivity contribution in [3.63, 3.8) is 0 Å². The van der Waals surface area contributed by atoms with Gasteiger partial charge >= 0.3 is 0 Å². The third-order valence-corrected chi connectivity index (χ3v) is 6.70. The van der Waals surface area contributed by atoms with Crippen LogP contribution in [0.2, 0.25) is 0 Å². The first-order valence-corrected chi connectivity index (χ1v) is 10.0. The summed E-state index contributed by atoms with van der Waals surface area (Å²) < 4.78 is 0. The molecule has 0 bridgehead atoms. The molecule has 0 spiro atoms. The van der Waals surface area contributed by atoms with Crippen molar-refractivity contribution in [3.8, 4) is 0 Å². The Hall–Kier alpha value is -1.84. The van der Waals surface area contributed by atoms with Gasteiger partial charge in [0.25, 0.3) is 5.91 Å². The van der Waals surface area contributed by atoms with Crippen molar-refractivity contribution in [2.75, 3.05) is 11.4 Å². The molecular formula is C22H32N2O2. The zero-order valence-corrected chi connectivity index (χ0v) is 16.6. The predicted molar refractivity (Wildman–Crippen MR) is 105 cm³/mol. The van der Waals surface area contributed by atoms with Crippen LogP contribution in [0.15, 0.2) is 18.2 Å². The standard InChI is InChI=1S/C22H32N2O2/c1-5-22(3,4)18-7-9-19(10-8-18)23-21(26)17-6-11-20-16(14-17)12-13-24(20)15(2)25/h6,11,14,18-19H,5,7-10,12-13H2,1-4H3,(H,23,26). The molecule has 0 radical (unpaired) electrons. The fraction of sp³-hybridized carbons (Fsp3) is 0.636. The largest absolute Gasteiger partial charge is 0.349 e. The van der Waals surface area contributed by atoms with Crippen molar-refractivity contribution in [2.24, 2.45) is 11.3 Å². The highest BCUT2D eigenvalue weighted by molar-refractivity contribution is 5.98. The van der Waals surface area contributed by atoms with Crippen LogP contribution >= 0.6 is 0 Å². The molecule has 1 aromatic rings. The van der Waals surface area contributed by atoms with E-state index in [1.54, 1.807) is 11.8 Å². The number of benzene rings is 1. The summed E-state index contributed by atoms with van der Waals surface area (Å²) >= 11 is 0. The van der Waals surface area contributed by atoms with E-state index in [2.05, 4.69) is 26.1 Å². The lowest BCUT2D eigenvalue weighted by molar-refractivity contribution is -0.116. The van der Waals surface area contributed by atoms with Crippen LogP contribution in [0.25, 0.3) is 0 Å². The Morgan fingerprint density at radius 2 is 1.88 bits per heavy atom. The van der Waals surface area contributed by atoms with E-state index in [4.69, 9.17) is 0 Å². The molecule has 0 aromatic heterocycles. The predicted octanol–water partition coefficient (Wildman–Crippen LogP) is 4.32. The minimum absolute atomic E-state index is 0.0206. The van der Waals surface area contributed by atoms with Gasteiger partial charge in [0.2, 0.25) is 5.91 Å². The van der Waals surface area contributed by atoms with Gasteiger partial charge in [-0.2, -0.15) is 0 Å². The number of nitrogens with one attached hydrogen (secondary N) is 1. The lowest BCUT2D eigenvalue weighted by Gasteiger charge is -2.39. The van der Waals surface area contributed by atoms with Crippen LogP contribution in [0.1, 0.15) is 75.7 Å². The first-order chi connectivity index (χ1) is 12.3. The van der Waals surface area contributed by atoms with Gasteiger partial charge in [0, 0.05) is 30.8 Å². The van der Waals surface area contributed by atoms with Crippen molar-refractivity contribution in [3.05, 3.63) is 29.3 Å². The molecule has 142 valence electrons. The van der Waals surface area contributed by atoms with E-state index >= 15 is 0 Å². The summed E-state index contributed by atoms with van der Waals surface area (Å²) in [4.78, 5) is 26.1. The van der Waals surface area contributed by atoms with Crippen LogP contribution in [-0.2, 0) is 11.2 Å². The summed E-state index contributed by atoms with van der Waals surface area (Å²) in [7, 11) is 0. The number of carbonyl (C=O) groups is 2. The Balaban J connectivity index is 1.59. The average Bonchev–Trinajstić information content (AvgIpc) is 3.05. The third kappa shape index (κ3) is 3.79. The number of rotatable bonds is 4. The zero-order valence-electron chi connectivity index (χ0n) is 16.6. The summed E-state index contributed by atoms with van der Waals surface area (Å²) in [6.45, 7) is 9.31. The molecule has 1 heterocycles. The van der Waals surface area contributed by atoms with Gasteiger partial charge in [-0.3, -0.25) is 9.59 Å². The maximum absolute atomic E-state index is 12.7. The van der Waals surface area contributed by atoms with Gasteiger partial charge in [0.15, 0.2) is 0 Å². The number of anilines is 1. The minimum atomic E-state index is 0.0206. The monoisotopic (exact) mass is 356 g/mol. The highest BCUT2D eigenvalue weighted by atomic mass is 16.2. The summed E-state index contributed by atoms with van der Waals surface area (Å²) in [6, 6.07) is 6.01. The number of hydrogen-bond donors (Lipinski definition) is 1. The molecule has 0 unspecified atom stereocenters. The number of hydrogen-bond acceptors (Lipinski definition) is 2. The smallest absolute Gasteiger partial charge is 0.251 e. The normalized spacial score (nSPS) is 22.8. The molecule has 4 heteroatoms. The minimum Gasteiger partial charge on any atom is -0.349 e. The van der Waals surface area contributed by atoms with Crippen molar-refractivity contribution in [1.82, 2.24) is 5.32 Å². The molecule has 0 atom stereocenters. The molecule has 4 nitrogen and oxygen atoms in total. The van der Waals surface area contributed by atoms with Crippen LogP contribution < -0.4 is 10.2 Å². The summed E-state index contributed by atoms with van der Waals surface area (Å²) in [5, 5.41) is 3.23. The van der Waals surface area contributed by atoms with Crippen molar-refractivity contribution >= 4 is 17.5 Å². The average molecular weight is 357 g/mol. The topological polar surface area (TPSA) is 49.4 Å². The molecule has 1 saturated carbocycles. The Morgan fingerprint density at radius 1 is 1.19 bits per heavy atom. The van der Waals surface area contributed by atoms with Gasteiger partial charge in [0.1, 0.15) is 0 Å². The van der Waals surface area contributed by atoms with Crippen LogP contribution in [-0.4, -0.2) is 24.4 Å². The van der Waals surface area contributed by atoms with E-state index in [0.29, 0.717) is 17.5 Å². The molecule has 2 aliphatic rings. The van der Waals surface area contributed by atoms with Crippen LogP contribution in [0.5, 0.6) is 0 Å². The third-order valence-electron chi connectivity index (χ3n) is 6.70. The van der Waals surface area contributed by atoms with E-state index in [9.17, 15) is 9.59 Å². The molecule has 2 amide bonds. The van der Waals surface area contributed by atoms with Crippen LogP contribution in [0.3, 0.4) is 0 Å². The fourth-order valence-corrected chi connectivity index (χ4v) is 4.45. The molecule has 26 heavy (non-hydrogen) atoms. The van der Waals surface area contributed by atoms with Crippen LogP contribution in [0, 0.1) is 11.3 Å². The van der Waals surface area contributed by atoms with Gasteiger partial charge in [-0.1, -0.05) is 27.2 Å². The lowest BCUT2D eigenvalue weighted by Crippen LogP contribution is -2.39. The van der Waals surface area contributed by atoms with Gasteiger partial charge < -0.3 is 10.2 Å². The maximum atomic E-state index is 12.7.